The van der Waals surface area contributed by atoms with Crippen molar-refractivity contribution in [2.24, 2.45) is 0 Å². The van der Waals surface area contributed by atoms with Crippen molar-refractivity contribution in [2.45, 2.75) is 13.8 Å². The molecule has 196 valence electrons. The molecule has 0 fully saturated rings. The fourth-order valence-corrected chi connectivity index (χ4v) is 11.6. The summed E-state index contributed by atoms with van der Waals surface area (Å²) in [5.41, 5.74) is 8.06. The van der Waals surface area contributed by atoms with Crippen LogP contribution in [0.1, 0.15) is 11.1 Å². The van der Waals surface area contributed by atoms with E-state index >= 15 is 0 Å². The van der Waals surface area contributed by atoms with E-state index in [0.717, 1.165) is 16.9 Å². The van der Waals surface area contributed by atoms with E-state index in [9.17, 15) is 5.11 Å². The molecule has 6 aromatic heterocycles. The van der Waals surface area contributed by atoms with Gasteiger partial charge in [-0.15, -0.1) is 45.3 Å². The average molecular weight is 602 g/mol. The lowest BCUT2D eigenvalue weighted by Crippen LogP contribution is -1.93. The van der Waals surface area contributed by atoms with Crippen molar-refractivity contribution in [3.05, 3.63) is 83.9 Å². The topological polar surface area (TPSA) is 38.3 Å². The van der Waals surface area contributed by atoms with Gasteiger partial charge in [0, 0.05) is 41.3 Å². The van der Waals surface area contributed by atoms with Crippen molar-refractivity contribution in [1.82, 2.24) is 4.57 Å². The fraction of sp³-hybridized carbons (Fsp3) is 0.0588. The van der Waals surface area contributed by atoms with Gasteiger partial charge in [0.1, 0.15) is 11.3 Å². The van der Waals surface area contributed by atoms with Gasteiger partial charge in [-0.25, -0.2) is 0 Å². The maximum atomic E-state index is 10.1. The van der Waals surface area contributed by atoms with Crippen LogP contribution in [0.3, 0.4) is 0 Å². The Bertz CT molecular complexity index is 2720. The van der Waals surface area contributed by atoms with Crippen molar-refractivity contribution in [1.29, 1.82) is 0 Å². The highest BCUT2D eigenvalue weighted by Gasteiger charge is 2.24. The highest BCUT2D eigenvalue weighted by Crippen LogP contribution is 2.52. The first kappa shape index (κ1) is 22.8. The lowest BCUT2D eigenvalue weighted by molar-refractivity contribution is 0.475. The predicted octanol–water partition coefficient (Wildman–Crippen LogP) is 11.9. The zero-order chi connectivity index (χ0) is 27.1. The van der Waals surface area contributed by atoms with E-state index in [1.165, 1.54) is 81.3 Å². The van der Waals surface area contributed by atoms with Crippen LogP contribution >= 0.6 is 45.3 Å². The van der Waals surface area contributed by atoms with E-state index in [1.54, 1.807) is 12.1 Å². The van der Waals surface area contributed by atoms with Crippen LogP contribution in [0.4, 0.5) is 0 Å². The molecule has 6 heterocycles. The number of fused-ring (bicyclic) bond motifs is 14. The van der Waals surface area contributed by atoms with Gasteiger partial charge in [0.05, 0.1) is 34.5 Å². The van der Waals surface area contributed by atoms with Crippen molar-refractivity contribution < 1.29 is 9.52 Å². The number of rotatable bonds is 1. The van der Waals surface area contributed by atoms with Gasteiger partial charge in [-0.1, -0.05) is 18.2 Å². The summed E-state index contributed by atoms with van der Waals surface area (Å²) in [4.78, 5) is 0. The Labute approximate surface area is 248 Å². The summed E-state index contributed by atoms with van der Waals surface area (Å²) in [6.45, 7) is 4.27. The number of phenolic OH excluding ortho intramolecular Hbond substituents is 1. The van der Waals surface area contributed by atoms with Gasteiger partial charge in [-0.05, 0) is 79.6 Å². The standard InChI is InChI=1S/C34H19NO2S4/c1-15-3-9-19-23(11-15)37-29-30(19)41-31-22-14-25-21(13-26(22)40-34(29)31)28-33(39-25)32-27(20-10-4-16(2)12-24(20)38-32)35(28)17-5-7-18(36)8-6-17/h3-14,36H,1-2H3. The van der Waals surface area contributed by atoms with Crippen LogP contribution in [0, 0.1) is 13.8 Å². The van der Waals surface area contributed by atoms with Crippen molar-refractivity contribution >= 4 is 127 Å². The molecule has 41 heavy (non-hydrogen) atoms. The number of aromatic nitrogens is 1. The maximum absolute atomic E-state index is 10.1. The smallest absolute Gasteiger partial charge is 0.164 e. The van der Waals surface area contributed by atoms with Gasteiger partial charge >= 0.3 is 0 Å². The maximum Gasteiger partial charge on any atom is 0.164 e. The first-order chi connectivity index (χ1) is 20.0. The molecule has 7 heteroatoms. The number of phenols is 1. The van der Waals surface area contributed by atoms with Crippen molar-refractivity contribution in [3.8, 4) is 11.4 Å². The van der Waals surface area contributed by atoms with Crippen molar-refractivity contribution in [2.75, 3.05) is 0 Å². The highest BCUT2D eigenvalue weighted by molar-refractivity contribution is 7.37. The van der Waals surface area contributed by atoms with Crippen LogP contribution in [-0.4, -0.2) is 9.67 Å². The van der Waals surface area contributed by atoms with Gasteiger partial charge < -0.3 is 14.1 Å². The Hall–Kier alpha value is -3.88. The minimum atomic E-state index is 0.279. The summed E-state index contributed by atoms with van der Waals surface area (Å²) in [7, 11) is 0. The molecule has 0 aliphatic rings. The molecular weight excluding hydrogens is 583 g/mol. The largest absolute Gasteiger partial charge is 0.508 e. The zero-order valence-electron chi connectivity index (χ0n) is 21.9. The van der Waals surface area contributed by atoms with E-state index in [4.69, 9.17) is 4.42 Å². The Morgan fingerprint density at radius 1 is 0.561 bits per heavy atom. The van der Waals surface area contributed by atoms with Crippen LogP contribution in [0.25, 0.3) is 87.0 Å². The van der Waals surface area contributed by atoms with Gasteiger partial charge in [-0.3, -0.25) is 0 Å². The highest BCUT2D eigenvalue weighted by atomic mass is 32.1. The number of aryl methyl sites for hydroxylation is 2. The summed E-state index contributed by atoms with van der Waals surface area (Å²) in [5, 5.41) is 15.1. The average Bonchev–Trinajstić information content (AvgIpc) is 3.76. The summed E-state index contributed by atoms with van der Waals surface area (Å²) in [5.74, 6) is 0.279. The fourth-order valence-electron chi connectivity index (χ4n) is 6.35. The lowest BCUT2D eigenvalue weighted by atomic mass is 10.2. The number of furan rings is 1. The summed E-state index contributed by atoms with van der Waals surface area (Å²) in [6, 6.07) is 25.7. The van der Waals surface area contributed by atoms with Crippen LogP contribution in [0.15, 0.2) is 77.2 Å². The van der Waals surface area contributed by atoms with Gasteiger partial charge in [-0.2, -0.15) is 0 Å². The van der Waals surface area contributed by atoms with Crippen LogP contribution in [0.5, 0.6) is 5.75 Å². The van der Waals surface area contributed by atoms with Gasteiger partial charge in [0.2, 0.25) is 0 Å². The second kappa shape index (κ2) is 7.69. The monoisotopic (exact) mass is 601 g/mol. The third-order valence-electron chi connectivity index (χ3n) is 8.22. The molecule has 0 saturated carbocycles. The molecule has 0 amide bonds. The molecule has 0 aliphatic heterocycles. The molecular formula is C34H19NO2S4. The number of hydrogen-bond acceptors (Lipinski definition) is 6. The molecule has 0 spiro atoms. The third kappa shape index (κ3) is 2.91. The Morgan fingerprint density at radius 3 is 2.00 bits per heavy atom. The Morgan fingerprint density at radius 2 is 1.20 bits per heavy atom. The minimum absolute atomic E-state index is 0.279. The number of aromatic hydroxyl groups is 1. The van der Waals surface area contributed by atoms with Gasteiger partial charge in [0.15, 0.2) is 5.58 Å². The normalized spacial score (nSPS) is 12.7. The van der Waals surface area contributed by atoms with E-state index in [2.05, 4.69) is 66.9 Å². The van der Waals surface area contributed by atoms with E-state index in [1.807, 2.05) is 57.5 Å². The second-order valence-corrected chi connectivity index (χ2v) is 15.1. The molecule has 10 rings (SSSR count). The quantitative estimate of drug-likeness (QED) is 0.203. The summed E-state index contributed by atoms with van der Waals surface area (Å²) in [6.07, 6.45) is 0. The van der Waals surface area contributed by atoms with Crippen molar-refractivity contribution in [3.63, 3.8) is 0 Å². The minimum Gasteiger partial charge on any atom is -0.508 e. The molecule has 3 nitrogen and oxygen atoms in total. The lowest BCUT2D eigenvalue weighted by Gasteiger charge is -2.08. The first-order valence-corrected chi connectivity index (χ1v) is 16.7. The summed E-state index contributed by atoms with van der Waals surface area (Å²) < 4.78 is 19.2. The molecule has 0 bridgehead atoms. The molecule has 0 radical (unpaired) electrons. The SMILES string of the molecule is Cc1ccc2c(c1)oc1c2sc2c3cc4sc5c6sc7cc(C)ccc7c6n(-c6ccc(O)cc6)c5c4cc3sc12. The number of hydrogen-bond donors (Lipinski definition) is 1. The molecule has 0 saturated heterocycles. The predicted molar refractivity (Wildman–Crippen MR) is 181 cm³/mol. The molecule has 0 unspecified atom stereocenters. The number of thiophene rings is 4. The van der Waals surface area contributed by atoms with E-state index < -0.39 is 0 Å². The van der Waals surface area contributed by atoms with E-state index in [0.29, 0.717) is 0 Å². The van der Waals surface area contributed by atoms with Gasteiger partial charge in [0.25, 0.3) is 0 Å². The second-order valence-electron chi connectivity index (χ2n) is 10.9. The first-order valence-electron chi connectivity index (χ1n) is 13.4. The van der Waals surface area contributed by atoms with E-state index in [-0.39, 0.29) is 5.75 Å². The molecule has 0 atom stereocenters. The Kier molecular flexibility index (Phi) is 4.27. The van der Waals surface area contributed by atoms with Crippen LogP contribution in [-0.2, 0) is 0 Å². The summed E-state index contributed by atoms with van der Waals surface area (Å²) >= 11 is 7.48. The molecule has 10 aromatic rings. The third-order valence-corrected chi connectivity index (χ3v) is 13.2. The molecule has 0 aliphatic carbocycles. The zero-order valence-corrected chi connectivity index (χ0v) is 25.1. The number of benzene rings is 4. The van der Waals surface area contributed by atoms with Crippen LogP contribution < -0.4 is 0 Å². The molecule has 4 aromatic carbocycles. The van der Waals surface area contributed by atoms with Crippen LogP contribution in [0.2, 0.25) is 0 Å². The number of nitrogens with zero attached hydrogens (tertiary/aromatic N) is 1. The molecule has 1 N–H and O–H groups in total. The Balaban J connectivity index is 1.33.